The van der Waals surface area contributed by atoms with Gasteiger partial charge in [-0.15, -0.1) is 0 Å². The molecule has 0 aliphatic carbocycles. The number of benzene rings is 1. The van der Waals surface area contributed by atoms with Gasteiger partial charge in [0.05, 0.1) is 0 Å². The van der Waals surface area contributed by atoms with Crippen LogP contribution in [0.25, 0.3) is 11.4 Å². The lowest BCUT2D eigenvalue weighted by atomic mass is 10.2. The van der Waals surface area contributed by atoms with Gasteiger partial charge in [-0.2, -0.15) is 13.2 Å². The third-order valence-corrected chi connectivity index (χ3v) is 3.34. The first-order valence-electron chi connectivity index (χ1n) is 7.88. The molecule has 0 N–H and O–H groups in total. The summed E-state index contributed by atoms with van der Waals surface area (Å²) in [6, 6.07) is 9.22. The third kappa shape index (κ3) is 5.95. The van der Waals surface area contributed by atoms with Gasteiger partial charge in [-0.05, 0) is 5.57 Å². The molecule has 0 radical (unpaired) electrons. The van der Waals surface area contributed by atoms with Gasteiger partial charge in [0.15, 0.2) is 5.82 Å². The zero-order chi connectivity index (χ0) is 20.0. The van der Waals surface area contributed by atoms with Crippen molar-refractivity contribution in [2.45, 2.75) is 6.18 Å². The fourth-order valence-corrected chi connectivity index (χ4v) is 2.08. The number of anilines is 1. The van der Waals surface area contributed by atoms with Crippen LogP contribution in [0.5, 0.6) is 0 Å². The largest absolute Gasteiger partial charge is 0.457 e. The van der Waals surface area contributed by atoms with Crippen molar-refractivity contribution in [1.29, 1.82) is 0 Å². The standard InChI is InChI=1S/C19H18F3N3O2/c1-13(9-10-19(20,21)22)12-27-18(26)15-11-23-16(24-17(15)25(2)3)14-7-5-4-6-8-14/h4-11H,1,12H2,2-3H3/b10-9+. The topological polar surface area (TPSA) is 55.3 Å². The maximum absolute atomic E-state index is 12.3. The number of carbonyl (C=O) groups excluding carboxylic acids is 1. The summed E-state index contributed by atoms with van der Waals surface area (Å²) >= 11 is 0. The van der Waals surface area contributed by atoms with Crippen LogP contribution < -0.4 is 4.90 Å². The second-order valence-electron chi connectivity index (χ2n) is 5.80. The van der Waals surface area contributed by atoms with Crippen LogP contribution in [0.2, 0.25) is 0 Å². The van der Waals surface area contributed by atoms with Crippen LogP contribution >= 0.6 is 0 Å². The maximum atomic E-state index is 12.3. The highest BCUT2D eigenvalue weighted by molar-refractivity contribution is 5.94. The quantitative estimate of drug-likeness (QED) is 0.562. The van der Waals surface area contributed by atoms with E-state index in [9.17, 15) is 18.0 Å². The summed E-state index contributed by atoms with van der Waals surface area (Å²) in [4.78, 5) is 22.5. The molecule has 0 fully saturated rings. The van der Waals surface area contributed by atoms with E-state index in [1.807, 2.05) is 30.3 Å². The van der Waals surface area contributed by atoms with Gasteiger partial charge in [0.25, 0.3) is 0 Å². The molecule has 5 nitrogen and oxygen atoms in total. The van der Waals surface area contributed by atoms with E-state index in [4.69, 9.17) is 4.74 Å². The van der Waals surface area contributed by atoms with Crippen LogP contribution in [0, 0.1) is 0 Å². The normalized spacial score (nSPS) is 11.4. The Hall–Kier alpha value is -3.16. The first-order chi connectivity index (χ1) is 12.7. The fourth-order valence-electron chi connectivity index (χ4n) is 2.08. The van der Waals surface area contributed by atoms with E-state index in [2.05, 4.69) is 16.5 Å². The Morgan fingerprint density at radius 2 is 1.93 bits per heavy atom. The number of alkyl halides is 3. The molecule has 0 aliphatic heterocycles. The zero-order valence-corrected chi connectivity index (χ0v) is 14.8. The molecule has 1 heterocycles. The highest BCUT2D eigenvalue weighted by Crippen LogP contribution is 2.22. The van der Waals surface area contributed by atoms with E-state index in [0.717, 1.165) is 11.6 Å². The molecule has 0 spiro atoms. The lowest BCUT2D eigenvalue weighted by molar-refractivity contribution is -0.0798. The predicted molar refractivity (Wildman–Crippen MR) is 96.4 cm³/mol. The van der Waals surface area contributed by atoms with Crippen molar-refractivity contribution >= 4 is 11.8 Å². The molecule has 8 heteroatoms. The lowest BCUT2D eigenvalue weighted by Gasteiger charge is -2.16. The number of esters is 1. The van der Waals surface area contributed by atoms with E-state index < -0.39 is 12.1 Å². The number of nitrogens with zero attached hydrogens (tertiary/aromatic N) is 3. The number of allylic oxidation sites excluding steroid dienone is 1. The van der Waals surface area contributed by atoms with Gasteiger partial charge in [-0.3, -0.25) is 0 Å². The van der Waals surface area contributed by atoms with Crippen LogP contribution in [-0.2, 0) is 4.74 Å². The summed E-state index contributed by atoms with van der Waals surface area (Å²) in [5, 5.41) is 0. The SMILES string of the molecule is C=C(/C=C/C(F)(F)F)COC(=O)c1cnc(-c2ccccc2)nc1N(C)C. The van der Waals surface area contributed by atoms with Crippen LogP contribution in [0.4, 0.5) is 19.0 Å². The molecule has 27 heavy (non-hydrogen) atoms. The monoisotopic (exact) mass is 377 g/mol. The van der Waals surface area contributed by atoms with Crippen LogP contribution in [-0.4, -0.2) is 42.8 Å². The lowest BCUT2D eigenvalue weighted by Crippen LogP contribution is -2.18. The van der Waals surface area contributed by atoms with E-state index in [1.54, 1.807) is 19.0 Å². The first kappa shape index (κ1) is 20.2. The van der Waals surface area contributed by atoms with E-state index in [1.165, 1.54) is 6.20 Å². The van der Waals surface area contributed by atoms with Crippen molar-refractivity contribution in [2.24, 2.45) is 0 Å². The maximum Gasteiger partial charge on any atom is 0.409 e. The zero-order valence-electron chi connectivity index (χ0n) is 14.8. The molecule has 0 amide bonds. The molecule has 1 aromatic carbocycles. The Labute approximate surface area is 154 Å². The number of halogens is 3. The Kier molecular flexibility index (Phi) is 6.33. The van der Waals surface area contributed by atoms with Crippen molar-refractivity contribution in [1.82, 2.24) is 9.97 Å². The highest BCUT2D eigenvalue weighted by atomic mass is 19.4. The Balaban J connectivity index is 2.16. The molecule has 0 aliphatic rings. The van der Waals surface area contributed by atoms with E-state index in [0.29, 0.717) is 11.6 Å². The number of hydrogen-bond acceptors (Lipinski definition) is 5. The third-order valence-electron chi connectivity index (χ3n) is 3.34. The van der Waals surface area contributed by atoms with Crippen molar-refractivity contribution in [2.75, 3.05) is 25.6 Å². The smallest absolute Gasteiger partial charge is 0.409 e. The number of rotatable bonds is 6. The van der Waals surface area contributed by atoms with Crippen LogP contribution in [0.3, 0.4) is 0 Å². The van der Waals surface area contributed by atoms with Crippen molar-refractivity contribution in [3.8, 4) is 11.4 Å². The van der Waals surface area contributed by atoms with Gasteiger partial charge < -0.3 is 9.64 Å². The number of carbonyl (C=O) groups is 1. The molecular weight excluding hydrogens is 359 g/mol. The summed E-state index contributed by atoms with van der Waals surface area (Å²) in [6.45, 7) is 3.05. The van der Waals surface area contributed by atoms with Crippen molar-refractivity contribution < 1.29 is 22.7 Å². The molecule has 2 rings (SSSR count). The molecule has 0 saturated heterocycles. The van der Waals surface area contributed by atoms with Gasteiger partial charge in [0.1, 0.15) is 18.0 Å². The van der Waals surface area contributed by atoms with E-state index in [-0.39, 0.29) is 23.8 Å². The molecule has 0 bridgehead atoms. The first-order valence-corrected chi connectivity index (χ1v) is 7.88. The summed E-state index contributed by atoms with van der Waals surface area (Å²) in [7, 11) is 3.41. The van der Waals surface area contributed by atoms with Crippen molar-refractivity contribution in [3.63, 3.8) is 0 Å². The van der Waals surface area contributed by atoms with Gasteiger partial charge in [-0.1, -0.05) is 43.0 Å². The summed E-state index contributed by atoms with van der Waals surface area (Å²) in [6.07, 6.45) is -2.32. The minimum atomic E-state index is -4.45. The molecule has 2 aromatic rings. The van der Waals surface area contributed by atoms with Crippen LogP contribution in [0.15, 0.2) is 60.8 Å². The Morgan fingerprint density at radius 1 is 1.26 bits per heavy atom. The predicted octanol–water partition coefficient (Wildman–Crippen LogP) is 4.04. The molecule has 1 aromatic heterocycles. The van der Waals surface area contributed by atoms with Gasteiger partial charge in [0, 0.05) is 31.9 Å². The Morgan fingerprint density at radius 3 is 2.52 bits per heavy atom. The number of hydrogen-bond donors (Lipinski definition) is 0. The molecule has 0 atom stereocenters. The van der Waals surface area contributed by atoms with Crippen molar-refractivity contribution in [3.05, 3.63) is 66.4 Å². The molecule has 0 saturated carbocycles. The summed E-state index contributed by atoms with van der Waals surface area (Å²) in [5.41, 5.74) is 0.896. The second kappa shape index (κ2) is 8.48. The molecule has 142 valence electrons. The summed E-state index contributed by atoms with van der Waals surface area (Å²) < 4.78 is 41.5. The second-order valence-corrected chi connectivity index (χ2v) is 5.80. The van der Waals surface area contributed by atoms with Gasteiger partial charge in [0.2, 0.25) is 0 Å². The van der Waals surface area contributed by atoms with Gasteiger partial charge >= 0.3 is 12.1 Å². The van der Waals surface area contributed by atoms with E-state index >= 15 is 0 Å². The van der Waals surface area contributed by atoms with Crippen LogP contribution in [0.1, 0.15) is 10.4 Å². The minimum absolute atomic E-state index is 0.00824. The molecular formula is C19H18F3N3O2. The highest BCUT2D eigenvalue weighted by Gasteiger charge is 2.22. The average molecular weight is 377 g/mol. The number of ether oxygens (including phenoxy) is 1. The fraction of sp³-hybridized carbons (Fsp3) is 0.211. The Bertz CT molecular complexity index is 847. The average Bonchev–Trinajstić information content (AvgIpc) is 2.64. The summed E-state index contributed by atoms with van der Waals surface area (Å²) in [5.74, 6) is 0.0264. The van der Waals surface area contributed by atoms with Gasteiger partial charge in [-0.25, -0.2) is 14.8 Å². The molecule has 0 unspecified atom stereocenters. The minimum Gasteiger partial charge on any atom is -0.457 e. The number of aromatic nitrogens is 2.